The van der Waals surface area contributed by atoms with Crippen LogP contribution in [0.15, 0.2) is 24.3 Å². The molecule has 0 saturated heterocycles. The number of anilines is 1. The predicted molar refractivity (Wildman–Crippen MR) is 77.2 cm³/mol. The minimum atomic E-state index is -3.18. The highest BCUT2D eigenvalue weighted by Gasteiger charge is 2.38. The number of hydrogen-bond donors (Lipinski definition) is 2. The molecule has 0 fully saturated rings. The van der Waals surface area contributed by atoms with Crippen LogP contribution in [-0.2, 0) is 21.1 Å². The van der Waals surface area contributed by atoms with Gasteiger partial charge in [0.05, 0.1) is 5.75 Å². The number of carbonyl (C=O) groups is 2. The Morgan fingerprint density at radius 1 is 1.38 bits per heavy atom. The highest BCUT2D eigenvalue weighted by atomic mass is 32.2. The molecule has 0 saturated carbocycles. The number of aliphatic carboxylic acids is 1. The van der Waals surface area contributed by atoms with E-state index >= 15 is 0 Å². The first-order chi connectivity index (χ1) is 9.79. The van der Waals surface area contributed by atoms with Crippen molar-refractivity contribution in [1.29, 1.82) is 0 Å². The lowest BCUT2D eigenvalue weighted by atomic mass is 10.1. The number of fused-ring (bicyclic) bond motifs is 1. The molecule has 114 valence electrons. The number of benzene rings is 1. The molecule has 8 heteroatoms. The summed E-state index contributed by atoms with van der Waals surface area (Å²) in [6.45, 7) is -0.0529. The summed E-state index contributed by atoms with van der Waals surface area (Å²) in [7, 11) is -3.18. The molecule has 2 rings (SSSR count). The number of para-hydroxylation sites is 1. The number of carboxylic acids is 1. The van der Waals surface area contributed by atoms with Crippen LogP contribution in [0.5, 0.6) is 0 Å². The Morgan fingerprint density at radius 3 is 2.67 bits per heavy atom. The third-order valence-corrected chi connectivity index (χ3v) is 4.17. The summed E-state index contributed by atoms with van der Waals surface area (Å²) in [5.74, 6) is -1.28. The van der Waals surface area contributed by atoms with E-state index in [1.165, 1.54) is 4.90 Å². The van der Waals surface area contributed by atoms with Gasteiger partial charge < -0.3 is 10.4 Å². The molecule has 0 aromatic heterocycles. The average molecular weight is 312 g/mol. The number of carboxylic acid groups (broad SMARTS) is 1. The van der Waals surface area contributed by atoms with Crippen molar-refractivity contribution in [2.45, 2.75) is 12.5 Å². The second-order valence-electron chi connectivity index (χ2n) is 4.92. The van der Waals surface area contributed by atoms with Crippen LogP contribution in [0.4, 0.5) is 10.5 Å². The van der Waals surface area contributed by atoms with Gasteiger partial charge in [0.2, 0.25) is 0 Å². The fourth-order valence-corrected chi connectivity index (χ4v) is 2.74. The standard InChI is InChI=1S/C13H16N2O5S/c1-21(19,20)7-6-14-13(18)15-10-5-3-2-4-9(10)8-11(15)12(16)17/h2-5,11H,6-8H2,1H3,(H,14,18)(H,16,17)/t11-/m0/s1. The third-order valence-electron chi connectivity index (χ3n) is 3.23. The average Bonchev–Trinajstić information content (AvgIpc) is 2.76. The van der Waals surface area contributed by atoms with Gasteiger partial charge >= 0.3 is 12.0 Å². The molecule has 0 unspecified atom stereocenters. The zero-order chi connectivity index (χ0) is 15.6. The number of sulfone groups is 1. The Kier molecular flexibility index (Phi) is 4.17. The molecule has 1 aliphatic rings. The molecule has 0 radical (unpaired) electrons. The molecule has 21 heavy (non-hydrogen) atoms. The molecular formula is C13H16N2O5S. The Hall–Kier alpha value is -2.09. The summed E-state index contributed by atoms with van der Waals surface area (Å²) in [5.41, 5.74) is 1.32. The van der Waals surface area contributed by atoms with E-state index in [-0.39, 0.29) is 18.7 Å². The molecule has 1 heterocycles. The van der Waals surface area contributed by atoms with Crippen LogP contribution < -0.4 is 10.2 Å². The normalized spacial score (nSPS) is 17.4. The van der Waals surface area contributed by atoms with Crippen LogP contribution in [0.1, 0.15) is 5.56 Å². The SMILES string of the molecule is CS(=O)(=O)CCNC(=O)N1c2ccccc2C[C@H]1C(=O)O. The van der Waals surface area contributed by atoms with Crippen molar-refractivity contribution >= 4 is 27.5 Å². The number of urea groups is 1. The van der Waals surface area contributed by atoms with Crippen molar-refractivity contribution in [2.24, 2.45) is 0 Å². The molecule has 0 aliphatic carbocycles. The van der Waals surface area contributed by atoms with Gasteiger partial charge in [0.1, 0.15) is 15.9 Å². The van der Waals surface area contributed by atoms with Gasteiger partial charge in [-0.2, -0.15) is 0 Å². The Bertz CT molecular complexity index is 671. The number of carbonyl (C=O) groups excluding carboxylic acids is 1. The van der Waals surface area contributed by atoms with Crippen LogP contribution in [0, 0.1) is 0 Å². The number of nitrogens with zero attached hydrogens (tertiary/aromatic N) is 1. The highest BCUT2D eigenvalue weighted by Crippen LogP contribution is 2.32. The lowest BCUT2D eigenvalue weighted by molar-refractivity contribution is -0.138. The number of rotatable bonds is 4. The van der Waals surface area contributed by atoms with Gasteiger partial charge in [-0.1, -0.05) is 18.2 Å². The summed E-state index contributed by atoms with van der Waals surface area (Å²) < 4.78 is 22.1. The first kappa shape index (κ1) is 15.3. The van der Waals surface area contributed by atoms with E-state index in [1.54, 1.807) is 24.3 Å². The van der Waals surface area contributed by atoms with Gasteiger partial charge in [0.15, 0.2) is 0 Å². The van der Waals surface area contributed by atoms with Crippen molar-refractivity contribution in [1.82, 2.24) is 5.32 Å². The second-order valence-corrected chi connectivity index (χ2v) is 7.18. The van der Waals surface area contributed by atoms with Crippen LogP contribution in [0.2, 0.25) is 0 Å². The summed E-state index contributed by atoms with van der Waals surface area (Å²) in [6.07, 6.45) is 1.31. The zero-order valence-corrected chi connectivity index (χ0v) is 12.3. The van der Waals surface area contributed by atoms with Gasteiger partial charge in [-0.3, -0.25) is 4.90 Å². The maximum atomic E-state index is 12.2. The monoisotopic (exact) mass is 312 g/mol. The maximum absolute atomic E-state index is 12.2. The summed E-state index contributed by atoms with van der Waals surface area (Å²) >= 11 is 0. The molecule has 1 aromatic rings. The molecule has 1 aromatic carbocycles. The van der Waals surface area contributed by atoms with Crippen LogP contribution in [-0.4, -0.2) is 50.1 Å². The van der Waals surface area contributed by atoms with Gasteiger partial charge in [-0.15, -0.1) is 0 Å². The predicted octanol–water partition coefficient (Wildman–Crippen LogP) is 0.256. The van der Waals surface area contributed by atoms with E-state index in [1.807, 2.05) is 0 Å². The van der Waals surface area contributed by atoms with E-state index in [2.05, 4.69) is 5.32 Å². The molecule has 1 aliphatic heterocycles. The topological polar surface area (TPSA) is 104 Å². The Morgan fingerprint density at radius 2 is 2.05 bits per heavy atom. The van der Waals surface area contributed by atoms with E-state index in [4.69, 9.17) is 0 Å². The molecule has 0 bridgehead atoms. The maximum Gasteiger partial charge on any atom is 0.327 e. The first-order valence-corrected chi connectivity index (χ1v) is 8.41. The summed E-state index contributed by atoms with van der Waals surface area (Å²) in [6, 6.07) is 5.38. The lowest BCUT2D eigenvalue weighted by Gasteiger charge is -2.22. The second kappa shape index (κ2) is 5.72. The van der Waals surface area contributed by atoms with E-state index in [0.29, 0.717) is 5.69 Å². The van der Waals surface area contributed by atoms with E-state index < -0.39 is 27.9 Å². The Balaban J connectivity index is 2.15. The van der Waals surface area contributed by atoms with Gasteiger partial charge in [0.25, 0.3) is 0 Å². The molecule has 2 N–H and O–H groups in total. The molecule has 7 nitrogen and oxygen atoms in total. The van der Waals surface area contributed by atoms with Gasteiger partial charge in [-0.25, -0.2) is 18.0 Å². The number of hydrogen-bond acceptors (Lipinski definition) is 4. The van der Waals surface area contributed by atoms with Crippen LogP contribution in [0.25, 0.3) is 0 Å². The van der Waals surface area contributed by atoms with Crippen LogP contribution in [0.3, 0.4) is 0 Å². The molecule has 2 amide bonds. The lowest BCUT2D eigenvalue weighted by Crippen LogP contribution is -2.48. The van der Waals surface area contributed by atoms with Crippen molar-refractivity contribution in [3.63, 3.8) is 0 Å². The summed E-state index contributed by atoms with van der Waals surface area (Å²) in [5, 5.41) is 11.7. The number of amides is 2. The quantitative estimate of drug-likeness (QED) is 0.830. The minimum absolute atomic E-state index is 0.0529. The zero-order valence-electron chi connectivity index (χ0n) is 11.4. The van der Waals surface area contributed by atoms with E-state index in [0.717, 1.165) is 11.8 Å². The van der Waals surface area contributed by atoms with Gasteiger partial charge in [-0.05, 0) is 11.6 Å². The summed E-state index contributed by atoms with van der Waals surface area (Å²) in [4.78, 5) is 24.6. The minimum Gasteiger partial charge on any atom is -0.480 e. The van der Waals surface area contributed by atoms with E-state index in [9.17, 15) is 23.1 Å². The molecule has 1 atom stereocenters. The van der Waals surface area contributed by atoms with Crippen molar-refractivity contribution < 1.29 is 23.1 Å². The highest BCUT2D eigenvalue weighted by molar-refractivity contribution is 7.90. The third kappa shape index (κ3) is 3.52. The van der Waals surface area contributed by atoms with Crippen molar-refractivity contribution in [2.75, 3.05) is 23.5 Å². The first-order valence-electron chi connectivity index (χ1n) is 6.35. The van der Waals surface area contributed by atoms with Crippen molar-refractivity contribution in [3.05, 3.63) is 29.8 Å². The fourth-order valence-electron chi connectivity index (χ4n) is 2.26. The molecular weight excluding hydrogens is 296 g/mol. The molecule has 0 spiro atoms. The fraction of sp³-hybridized carbons (Fsp3) is 0.385. The van der Waals surface area contributed by atoms with Crippen LogP contribution >= 0.6 is 0 Å². The van der Waals surface area contributed by atoms with Crippen molar-refractivity contribution in [3.8, 4) is 0 Å². The Labute approximate surface area is 122 Å². The van der Waals surface area contributed by atoms with Gasteiger partial charge in [0, 0.05) is 24.9 Å². The largest absolute Gasteiger partial charge is 0.480 e. The smallest absolute Gasteiger partial charge is 0.327 e. The number of nitrogens with one attached hydrogen (secondary N) is 1.